The topological polar surface area (TPSA) is 96.1 Å². The van der Waals surface area contributed by atoms with E-state index in [1.54, 1.807) is 0 Å². The fraction of sp³-hybridized carbons (Fsp3) is 0.375. The summed E-state index contributed by atoms with van der Waals surface area (Å²) in [5.41, 5.74) is 2.93. The quantitative estimate of drug-likeness (QED) is 0.360. The van der Waals surface area contributed by atoms with Crippen LogP contribution in [0.4, 0.5) is 5.82 Å². The minimum Gasteiger partial charge on any atom is -0.354 e. The number of anilines is 1. The molecule has 0 aliphatic carbocycles. The second-order valence-electron chi connectivity index (χ2n) is 8.56. The lowest BCUT2D eigenvalue weighted by Gasteiger charge is -2.35. The highest BCUT2D eigenvalue weighted by Gasteiger charge is 2.18. The molecule has 1 fully saturated rings. The molecule has 0 unspecified atom stereocenters. The van der Waals surface area contributed by atoms with Crippen LogP contribution in [0.2, 0.25) is 0 Å². The zero-order valence-electron chi connectivity index (χ0n) is 18.4. The van der Waals surface area contributed by atoms with Crippen molar-refractivity contribution in [1.29, 1.82) is 0 Å². The highest BCUT2D eigenvalue weighted by atomic mass is 16.1. The summed E-state index contributed by atoms with van der Waals surface area (Å²) in [6.45, 7) is 6.99. The molecule has 0 saturated carbocycles. The van der Waals surface area contributed by atoms with Gasteiger partial charge in [-0.15, -0.1) is 0 Å². The molecule has 8 nitrogen and oxygen atoms in total. The molecule has 1 aromatic carbocycles. The molecule has 1 aliphatic heterocycles. The maximum Gasteiger partial charge on any atom is 0.296 e. The van der Waals surface area contributed by atoms with Crippen molar-refractivity contribution < 1.29 is 0 Å². The van der Waals surface area contributed by atoms with Crippen molar-refractivity contribution in [3.05, 3.63) is 64.3 Å². The number of para-hydroxylation sites is 1. The third kappa shape index (κ3) is 4.05. The Bertz CT molecular complexity index is 1300. The molecule has 1 aliphatic rings. The SMILES string of the molecule is Cc1cc2nc(CCCCN3CCN(c4ccc5ccccc5n4)CC3)n(N)c(=O)c2[nH]1. The Morgan fingerprint density at radius 1 is 1.00 bits per heavy atom. The predicted molar refractivity (Wildman–Crippen MR) is 129 cm³/mol. The first-order chi connectivity index (χ1) is 15.6. The number of nitrogens with one attached hydrogen (secondary N) is 1. The van der Waals surface area contributed by atoms with Crippen molar-refractivity contribution in [2.75, 3.05) is 43.5 Å². The van der Waals surface area contributed by atoms with Gasteiger partial charge < -0.3 is 15.7 Å². The van der Waals surface area contributed by atoms with Gasteiger partial charge >= 0.3 is 0 Å². The molecule has 4 heterocycles. The first kappa shape index (κ1) is 20.5. The molecule has 0 spiro atoms. The molecule has 0 amide bonds. The lowest BCUT2D eigenvalue weighted by Crippen LogP contribution is -2.46. The minimum absolute atomic E-state index is 0.212. The van der Waals surface area contributed by atoms with Gasteiger partial charge in [0.25, 0.3) is 5.56 Å². The van der Waals surface area contributed by atoms with Gasteiger partial charge in [0.05, 0.1) is 11.0 Å². The van der Waals surface area contributed by atoms with E-state index in [9.17, 15) is 4.79 Å². The molecule has 0 bridgehead atoms. The van der Waals surface area contributed by atoms with Gasteiger partial charge in [-0.2, -0.15) is 0 Å². The van der Waals surface area contributed by atoms with E-state index in [-0.39, 0.29) is 5.56 Å². The number of aromatic nitrogens is 4. The summed E-state index contributed by atoms with van der Waals surface area (Å²) in [5.74, 6) is 7.70. The van der Waals surface area contributed by atoms with E-state index in [0.717, 1.165) is 62.6 Å². The van der Waals surface area contributed by atoms with E-state index >= 15 is 0 Å². The van der Waals surface area contributed by atoms with Crippen LogP contribution in [0, 0.1) is 6.92 Å². The Morgan fingerprint density at radius 2 is 1.81 bits per heavy atom. The number of piperazine rings is 1. The number of hydrogen-bond donors (Lipinski definition) is 2. The molecule has 166 valence electrons. The van der Waals surface area contributed by atoms with Crippen LogP contribution in [0.1, 0.15) is 24.4 Å². The van der Waals surface area contributed by atoms with Gasteiger partial charge in [-0.1, -0.05) is 18.2 Å². The van der Waals surface area contributed by atoms with Gasteiger partial charge in [0.1, 0.15) is 17.2 Å². The predicted octanol–water partition coefficient (Wildman–Crippen LogP) is 2.44. The highest BCUT2D eigenvalue weighted by molar-refractivity contribution is 5.80. The van der Waals surface area contributed by atoms with Crippen LogP contribution in [-0.4, -0.2) is 57.3 Å². The van der Waals surface area contributed by atoms with Gasteiger partial charge in [0, 0.05) is 43.7 Å². The molecular formula is C24H29N7O. The Labute approximate surface area is 186 Å². The number of hydrogen-bond acceptors (Lipinski definition) is 6. The summed E-state index contributed by atoms with van der Waals surface area (Å²) in [6, 6.07) is 14.4. The third-order valence-electron chi connectivity index (χ3n) is 6.30. The van der Waals surface area contributed by atoms with Gasteiger partial charge in [-0.3, -0.25) is 9.69 Å². The van der Waals surface area contributed by atoms with Gasteiger partial charge in [0.2, 0.25) is 0 Å². The average molecular weight is 432 g/mol. The van der Waals surface area contributed by atoms with Gasteiger partial charge in [0.15, 0.2) is 0 Å². The van der Waals surface area contributed by atoms with Crippen molar-refractivity contribution in [3.63, 3.8) is 0 Å². The second kappa shape index (κ2) is 8.63. The monoisotopic (exact) mass is 431 g/mol. The number of fused-ring (bicyclic) bond motifs is 2. The third-order valence-corrected chi connectivity index (χ3v) is 6.30. The van der Waals surface area contributed by atoms with E-state index in [2.05, 4.69) is 44.0 Å². The summed E-state index contributed by atoms with van der Waals surface area (Å²) in [5, 5.41) is 1.18. The van der Waals surface area contributed by atoms with Crippen molar-refractivity contribution in [3.8, 4) is 0 Å². The Kier molecular flexibility index (Phi) is 5.53. The molecule has 0 radical (unpaired) electrons. The van der Waals surface area contributed by atoms with Crippen LogP contribution in [0.5, 0.6) is 0 Å². The van der Waals surface area contributed by atoms with Gasteiger partial charge in [-0.25, -0.2) is 14.6 Å². The van der Waals surface area contributed by atoms with Crippen LogP contribution in [0.15, 0.2) is 47.3 Å². The van der Waals surface area contributed by atoms with Crippen LogP contribution in [-0.2, 0) is 6.42 Å². The summed E-state index contributed by atoms with van der Waals surface area (Å²) >= 11 is 0. The molecule has 1 saturated heterocycles. The second-order valence-corrected chi connectivity index (χ2v) is 8.56. The fourth-order valence-electron chi connectivity index (χ4n) is 4.48. The lowest BCUT2D eigenvalue weighted by molar-refractivity contribution is 0.252. The number of pyridine rings is 1. The number of aromatic amines is 1. The van der Waals surface area contributed by atoms with Crippen LogP contribution in [0.25, 0.3) is 21.9 Å². The number of H-pyrrole nitrogens is 1. The molecule has 8 heteroatoms. The zero-order chi connectivity index (χ0) is 22.1. The Hall–Kier alpha value is -3.39. The molecule has 0 atom stereocenters. The summed E-state index contributed by atoms with van der Waals surface area (Å²) in [6.07, 6.45) is 2.70. The molecule has 3 N–H and O–H groups in total. The van der Waals surface area contributed by atoms with Crippen molar-refractivity contribution in [2.24, 2.45) is 0 Å². The van der Waals surface area contributed by atoms with Gasteiger partial charge in [-0.05, 0) is 50.6 Å². The summed E-state index contributed by atoms with van der Waals surface area (Å²) < 4.78 is 1.19. The number of benzene rings is 1. The maximum absolute atomic E-state index is 12.4. The van der Waals surface area contributed by atoms with Crippen molar-refractivity contribution >= 4 is 27.8 Å². The summed E-state index contributed by atoms with van der Waals surface area (Å²) in [7, 11) is 0. The average Bonchev–Trinajstić information content (AvgIpc) is 3.20. The smallest absolute Gasteiger partial charge is 0.296 e. The number of unbranched alkanes of at least 4 members (excludes halogenated alkanes) is 1. The van der Waals surface area contributed by atoms with Crippen LogP contribution >= 0.6 is 0 Å². The number of nitrogen functional groups attached to an aromatic ring is 1. The maximum atomic E-state index is 12.4. The number of rotatable bonds is 6. The molecule has 3 aromatic heterocycles. The largest absolute Gasteiger partial charge is 0.354 e. The zero-order valence-corrected chi connectivity index (χ0v) is 18.4. The fourth-order valence-corrected chi connectivity index (χ4v) is 4.48. The standard InChI is InChI=1S/C24H29N7O/c1-17-16-20-23(26-17)24(32)31(25)22(28-20)8-4-5-11-29-12-14-30(15-13-29)21-10-9-18-6-2-3-7-19(18)27-21/h2-3,6-7,9-10,16,26H,4-5,8,11-15,25H2,1H3. The highest BCUT2D eigenvalue weighted by Crippen LogP contribution is 2.19. The Balaban J connectivity index is 1.12. The van der Waals surface area contributed by atoms with Crippen LogP contribution < -0.4 is 16.3 Å². The van der Waals surface area contributed by atoms with E-state index in [1.807, 2.05) is 25.1 Å². The first-order valence-electron chi connectivity index (χ1n) is 11.3. The molecular weight excluding hydrogens is 402 g/mol. The molecule has 32 heavy (non-hydrogen) atoms. The minimum atomic E-state index is -0.212. The lowest BCUT2D eigenvalue weighted by atomic mass is 10.2. The normalized spacial score (nSPS) is 15.1. The van der Waals surface area contributed by atoms with E-state index in [4.69, 9.17) is 10.8 Å². The van der Waals surface area contributed by atoms with Crippen LogP contribution in [0.3, 0.4) is 0 Å². The van der Waals surface area contributed by atoms with E-state index in [1.165, 1.54) is 10.1 Å². The number of aryl methyl sites for hydroxylation is 2. The Morgan fingerprint density at radius 3 is 2.66 bits per heavy atom. The van der Waals surface area contributed by atoms with Crippen molar-refractivity contribution in [2.45, 2.75) is 26.2 Å². The van der Waals surface area contributed by atoms with E-state index < -0.39 is 0 Å². The summed E-state index contributed by atoms with van der Waals surface area (Å²) in [4.78, 5) is 29.7. The first-order valence-corrected chi connectivity index (χ1v) is 11.3. The van der Waals surface area contributed by atoms with Crippen molar-refractivity contribution in [1.82, 2.24) is 24.5 Å². The molecule has 4 aromatic rings. The molecule has 5 rings (SSSR count). The number of nitrogens with two attached hydrogens (primary N) is 1. The number of nitrogens with zero attached hydrogens (tertiary/aromatic N) is 5. The van der Waals surface area contributed by atoms with E-state index in [0.29, 0.717) is 23.3 Å².